The van der Waals surface area contributed by atoms with Crippen molar-refractivity contribution in [3.63, 3.8) is 0 Å². The van der Waals surface area contributed by atoms with Gasteiger partial charge in [-0.05, 0) is 15.9 Å². The molecule has 1 aromatic heterocycles. The first kappa shape index (κ1) is 15.0. The van der Waals surface area contributed by atoms with Crippen LogP contribution in [0.3, 0.4) is 0 Å². The average molecular weight is 342 g/mol. The maximum absolute atomic E-state index is 12.5. The fraction of sp³-hybridized carbons (Fsp3) is 0.375. The quantitative estimate of drug-likeness (QED) is 0.593. The molecule has 0 aliphatic carbocycles. The summed E-state index contributed by atoms with van der Waals surface area (Å²) in [6, 6.07) is 0.251. The van der Waals surface area contributed by atoms with Gasteiger partial charge in [-0.15, -0.1) is 13.2 Å². The number of hydrogen-bond acceptors (Lipinski definition) is 2. The molecule has 0 aliphatic rings. The van der Waals surface area contributed by atoms with Crippen molar-refractivity contribution in [1.29, 1.82) is 0 Å². The van der Waals surface area contributed by atoms with Crippen LogP contribution in [-0.4, -0.2) is 11.3 Å². The second-order valence-corrected chi connectivity index (χ2v) is 3.71. The Bertz CT molecular complexity index is 442. The number of aromatic nitrogens is 1. The van der Waals surface area contributed by atoms with Crippen molar-refractivity contribution in [1.82, 2.24) is 4.98 Å². The molecule has 0 radical (unpaired) electrons. The van der Waals surface area contributed by atoms with Crippen molar-refractivity contribution in [2.75, 3.05) is 0 Å². The molecule has 0 fully saturated rings. The second-order valence-electron chi connectivity index (χ2n) is 2.96. The molecule has 10 heteroatoms. The first-order valence-corrected chi connectivity index (χ1v) is 4.92. The normalized spacial score (nSPS) is 12.7. The van der Waals surface area contributed by atoms with Gasteiger partial charge in [0.05, 0.1) is 5.69 Å². The highest BCUT2D eigenvalue weighted by Crippen LogP contribution is 2.42. The number of rotatable bonds is 2. The van der Waals surface area contributed by atoms with Gasteiger partial charge in [0, 0.05) is 6.07 Å². The van der Waals surface area contributed by atoms with E-state index in [0.717, 1.165) is 0 Å². The first-order valence-electron chi connectivity index (χ1n) is 4.13. The number of alkyl halides is 7. The maximum Gasteiger partial charge on any atom is 0.573 e. The molecule has 2 nitrogen and oxygen atoms in total. The molecule has 1 rings (SSSR count). The summed E-state index contributed by atoms with van der Waals surface area (Å²) < 4.78 is 87.9. The summed E-state index contributed by atoms with van der Waals surface area (Å²) in [5, 5.41) is 0. The highest BCUT2D eigenvalue weighted by Gasteiger charge is 2.42. The SMILES string of the molecule is FCc1cc(OC(F)(F)F)c(C(F)(F)F)c(Br)n1. The van der Waals surface area contributed by atoms with Crippen molar-refractivity contribution >= 4 is 15.9 Å². The third-order valence-electron chi connectivity index (χ3n) is 1.64. The smallest absolute Gasteiger partial charge is 0.405 e. The zero-order valence-electron chi connectivity index (χ0n) is 8.16. The van der Waals surface area contributed by atoms with Crippen LogP contribution in [0.2, 0.25) is 0 Å². The van der Waals surface area contributed by atoms with Crippen LogP contribution in [-0.2, 0) is 12.9 Å². The second kappa shape index (κ2) is 4.90. The van der Waals surface area contributed by atoms with E-state index in [-0.39, 0.29) is 6.07 Å². The minimum atomic E-state index is -5.33. The minimum Gasteiger partial charge on any atom is -0.405 e. The molecule has 0 N–H and O–H groups in total. The fourth-order valence-electron chi connectivity index (χ4n) is 1.07. The van der Waals surface area contributed by atoms with E-state index in [9.17, 15) is 30.7 Å². The van der Waals surface area contributed by atoms with Crippen LogP contribution in [0.1, 0.15) is 11.3 Å². The summed E-state index contributed by atoms with van der Waals surface area (Å²) in [6.07, 6.45) is -10.4. The Morgan fingerprint density at radius 3 is 2.11 bits per heavy atom. The van der Waals surface area contributed by atoms with Crippen molar-refractivity contribution < 1.29 is 35.5 Å². The van der Waals surface area contributed by atoms with E-state index in [0.29, 0.717) is 0 Å². The minimum absolute atomic E-state index is 0.251. The number of nitrogens with zero attached hydrogens (tertiary/aromatic N) is 1. The monoisotopic (exact) mass is 341 g/mol. The number of ether oxygens (including phenoxy) is 1. The molecular formula is C8H3BrF7NO. The Balaban J connectivity index is 3.39. The lowest BCUT2D eigenvalue weighted by Crippen LogP contribution is -2.21. The van der Waals surface area contributed by atoms with Crippen molar-refractivity contribution in [3.8, 4) is 5.75 Å². The van der Waals surface area contributed by atoms with Crippen LogP contribution in [0, 0.1) is 0 Å². The van der Waals surface area contributed by atoms with E-state index in [2.05, 4.69) is 25.7 Å². The van der Waals surface area contributed by atoms with Crippen LogP contribution in [0.5, 0.6) is 5.75 Å². The largest absolute Gasteiger partial charge is 0.573 e. The van der Waals surface area contributed by atoms with Crippen LogP contribution in [0.15, 0.2) is 10.7 Å². The molecule has 18 heavy (non-hydrogen) atoms. The van der Waals surface area contributed by atoms with Gasteiger partial charge in [-0.25, -0.2) is 9.37 Å². The third kappa shape index (κ3) is 3.72. The Labute approximate surface area is 104 Å². The summed E-state index contributed by atoms with van der Waals surface area (Å²) in [5.74, 6) is -1.55. The van der Waals surface area contributed by atoms with E-state index in [1.54, 1.807) is 0 Å². The summed E-state index contributed by atoms with van der Waals surface area (Å²) in [5.41, 5.74) is -2.37. The van der Waals surface area contributed by atoms with Gasteiger partial charge in [-0.3, -0.25) is 0 Å². The summed E-state index contributed by atoms with van der Waals surface area (Å²) in [7, 11) is 0. The Morgan fingerprint density at radius 2 is 1.72 bits per heavy atom. The van der Waals surface area contributed by atoms with E-state index in [1.165, 1.54) is 0 Å². The van der Waals surface area contributed by atoms with Gasteiger partial charge in [-0.2, -0.15) is 13.2 Å². The van der Waals surface area contributed by atoms with Crippen molar-refractivity contribution in [3.05, 3.63) is 21.9 Å². The molecule has 0 saturated heterocycles. The van der Waals surface area contributed by atoms with Gasteiger partial charge in [0.25, 0.3) is 0 Å². The molecule has 0 saturated carbocycles. The van der Waals surface area contributed by atoms with Crippen LogP contribution >= 0.6 is 15.9 Å². The van der Waals surface area contributed by atoms with Crippen molar-refractivity contribution in [2.24, 2.45) is 0 Å². The molecule has 0 aromatic carbocycles. The third-order valence-corrected chi connectivity index (χ3v) is 2.21. The molecule has 0 atom stereocenters. The topological polar surface area (TPSA) is 22.1 Å². The fourth-order valence-corrected chi connectivity index (χ4v) is 1.72. The van der Waals surface area contributed by atoms with Gasteiger partial charge in [-0.1, -0.05) is 0 Å². The van der Waals surface area contributed by atoms with Gasteiger partial charge >= 0.3 is 12.5 Å². The molecule has 0 amide bonds. The number of halogens is 8. The predicted molar refractivity (Wildman–Crippen MR) is 48.4 cm³/mol. The maximum atomic E-state index is 12.5. The molecule has 102 valence electrons. The Hall–Kier alpha value is -1.06. The van der Waals surface area contributed by atoms with E-state index >= 15 is 0 Å². The summed E-state index contributed by atoms with van der Waals surface area (Å²) in [6.45, 7) is -1.33. The molecule has 0 spiro atoms. The first-order chi connectivity index (χ1) is 8.04. The van der Waals surface area contributed by atoms with Gasteiger partial charge < -0.3 is 4.74 Å². The molecule has 0 aliphatic heterocycles. The van der Waals surface area contributed by atoms with Crippen LogP contribution < -0.4 is 4.74 Å². The van der Waals surface area contributed by atoms with Crippen LogP contribution in [0.4, 0.5) is 30.7 Å². The average Bonchev–Trinajstić information content (AvgIpc) is 2.11. The molecule has 0 bridgehead atoms. The predicted octanol–water partition coefficient (Wildman–Crippen LogP) is 4.23. The number of pyridine rings is 1. The summed E-state index contributed by atoms with van der Waals surface area (Å²) in [4.78, 5) is 3.12. The van der Waals surface area contributed by atoms with Gasteiger partial charge in [0.2, 0.25) is 0 Å². The summed E-state index contributed by atoms with van der Waals surface area (Å²) >= 11 is 2.34. The molecule has 1 aromatic rings. The van der Waals surface area contributed by atoms with Gasteiger partial charge in [0.15, 0.2) is 0 Å². The lowest BCUT2D eigenvalue weighted by molar-refractivity contribution is -0.276. The highest BCUT2D eigenvalue weighted by atomic mass is 79.9. The zero-order chi connectivity index (χ0) is 14.1. The standard InChI is InChI=1S/C8H3BrF7NO/c9-6-5(7(11,12)13)4(18-8(14,15)16)1-3(2-10)17-6/h1H,2H2. The number of hydrogen-bond donors (Lipinski definition) is 0. The molecular weight excluding hydrogens is 339 g/mol. The van der Waals surface area contributed by atoms with E-state index in [1.807, 2.05) is 0 Å². The Morgan fingerprint density at radius 1 is 1.17 bits per heavy atom. The lowest BCUT2D eigenvalue weighted by Gasteiger charge is -2.16. The lowest BCUT2D eigenvalue weighted by atomic mass is 10.2. The highest BCUT2D eigenvalue weighted by molar-refractivity contribution is 9.10. The Kier molecular flexibility index (Phi) is 4.08. The zero-order valence-corrected chi connectivity index (χ0v) is 9.75. The van der Waals surface area contributed by atoms with Crippen molar-refractivity contribution in [2.45, 2.75) is 19.2 Å². The molecule has 1 heterocycles. The van der Waals surface area contributed by atoms with E-state index in [4.69, 9.17) is 0 Å². The van der Waals surface area contributed by atoms with Gasteiger partial charge in [0.1, 0.15) is 22.6 Å². The van der Waals surface area contributed by atoms with E-state index < -0.39 is 40.8 Å². The molecule has 0 unspecified atom stereocenters. The van der Waals surface area contributed by atoms with Crippen LogP contribution in [0.25, 0.3) is 0 Å².